The topological polar surface area (TPSA) is 95.2 Å². The molecule has 1 aromatic carbocycles. The van der Waals surface area contributed by atoms with Crippen LogP contribution in [0.4, 0.5) is 14.7 Å². The number of nitrogens with two attached hydrogens (primary N) is 1. The van der Waals surface area contributed by atoms with Gasteiger partial charge in [-0.2, -0.15) is 9.97 Å². The maximum atomic E-state index is 13.4. The van der Waals surface area contributed by atoms with Gasteiger partial charge in [-0.15, -0.1) is 4.98 Å². The first-order valence-electron chi connectivity index (χ1n) is 5.02. The third-order valence-electron chi connectivity index (χ3n) is 2.00. The molecule has 0 aliphatic carbocycles. The molecule has 19 heavy (non-hydrogen) atoms. The first-order chi connectivity index (χ1) is 9.12. The van der Waals surface area contributed by atoms with E-state index in [1.54, 1.807) is 0 Å². The van der Waals surface area contributed by atoms with E-state index in [1.807, 2.05) is 0 Å². The van der Waals surface area contributed by atoms with E-state index >= 15 is 0 Å². The minimum Gasteiger partial charge on any atom is -0.467 e. The average Bonchev–Trinajstić information content (AvgIpc) is 2.42. The van der Waals surface area contributed by atoms with Crippen LogP contribution in [0.15, 0.2) is 18.2 Å². The molecule has 9 heteroatoms. The van der Waals surface area contributed by atoms with E-state index in [1.165, 1.54) is 7.11 Å². The van der Waals surface area contributed by atoms with E-state index in [2.05, 4.69) is 20.4 Å². The minimum atomic E-state index is -0.761. The Morgan fingerprint density at radius 3 is 2.58 bits per heavy atom. The summed E-state index contributed by atoms with van der Waals surface area (Å²) in [4.78, 5) is 11.2. The molecule has 7 nitrogen and oxygen atoms in total. The summed E-state index contributed by atoms with van der Waals surface area (Å²) in [7, 11) is 1.32. The van der Waals surface area contributed by atoms with Crippen molar-refractivity contribution in [2.45, 2.75) is 0 Å². The number of nitrogens with zero attached hydrogens (tertiary/aromatic N) is 3. The Morgan fingerprint density at radius 2 is 1.89 bits per heavy atom. The van der Waals surface area contributed by atoms with Gasteiger partial charge in [0, 0.05) is 6.07 Å². The van der Waals surface area contributed by atoms with Gasteiger partial charge in [-0.1, -0.05) is 0 Å². The van der Waals surface area contributed by atoms with E-state index in [0.29, 0.717) is 0 Å². The van der Waals surface area contributed by atoms with Crippen LogP contribution in [-0.4, -0.2) is 22.1 Å². The summed E-state index contributed by atoms with van der Waals surface area (Å²) in [6.07, 6.45) is 0. The van der Waals surface area contributed by atoms with Crippen LogP contribution in [0.2, 0.25) is 0 Å². The summed E-state index contributed by atoms with van der Waals surface area (Å²) >= 11 is 0. The highest BCUT2D eigenvalue weighted by molar-refractivity contribution is 5.30. The van der Waals surface area contributed by atoms with Gasteiger partial charge in [0.25, 0.3) is 0 Å². The van der Waals surface area contributed by atoms with Gasteiger partial charge in [-0.3, -0.25) is 5.43 Å². The van der Waals surface area contributed by atoms with Gasteiger partial charge in [0.15, 0.2) is 11.6 Å². The number of nitrogen functional groups attached to an aromatic ring is 1. The average molecular weight is 269 g/mol. The standard InChI is InChI=1S/C10H9F2N5O2/c1-18-9-14-8(17-13)15-10(16-9)19-7-4-5(11)2-3-6(7)12/h2-4H,13H2,1H3,(H,14,15,16,17). The van der Waals surface area contributed by atoms with Crippen LogP contribution >= 0.6 is 0 Å². The van der Waals surface area contributed by atoms with Crippen molar-refractivity contribution in [1.82, 2.24) is 15.0 Å². The molecule has 0 amide bonds. The highest BCUT2D eigenvalue weighted by Gasteiger charge is 2.11. The van der Waals surface area contributed by atoms with E-state index in [-0.39, 0.29) is 23.7 Å². The number of nitrogens with one attached hydrogen (secondary N) is 1. The number of hydrazine groups is 1. The van der Waals surface area contributed by atoms with Crippen molar-refractivity contribution in [3.63, 3.8) is 0 Å². The molecule has 100 valence electrons. The molecular weight excluding hydrogens is 260 g/mol. The van der Waals surface area contributed by atoms with E-state index < -0.39 is 11.6 Å². The predicted octanol–water partition coefficient (Wildman–Crippen LogP) is 1.24. The molecule has 1 aromatic heterocycles. The van der Waals surface area contributed by atoms with Crippen molar-refractivity contribution in [2.24, 2.45) is 5.84 Å². The van der Waals surface area contributed by atoms with E-state index in [9.17, 15) is 8.78 Å². The van der Waals surface area contributed by atoms with Crippen LogP contribution < -0.4 is 20.7 Å². The first-order valence-corrected chi connectivity index (χ1v) is 5.02. The fourth-order valence-electron chi connectivity index (χ4n) is 1.19. The molecule has 0 fully saturated rings. The molecule has 0 saturated carbocycles. The second-order valence-electron chi connectivity index (χ2n) is 3.25. The Bertz CT molecular complexity index is 574. The Labute approximate surface area is 106 Å². The van der Waals surface area contributed by atoms with Crippen molar-refractivity contribution in [1.29, 1.82) is 0 Å². The number of ether oxygens (including phenoxy) is 2. The summed E-state index contributed by atoms with van der Waals surface area (Å²) in [6, 6.07) is 2.37. The van der Waals surface area contributed by atoms with Crippen molar-refractivity contribution < 1.29 is 18.3 Å². The lowest BCUT2D eigenvalue weighted by molar-refractivity contribution is 0.354. The van der Waals surface area contributed by atoms with Crippen LogP contribution in [0.25, 0.3) is 0 Å². The number of methoxy groups -OCH3 is 1. The molecule has 0 bridgehead atoms. The lowest BCUT2D eigenvalue weighted by Crippen LogP contribution is -2.12. The highest BCUT2D eigenvalue weighted by atomic mass is 19.1. The molecule has 0 aliphatic heterocycles. The van der Waals surface area contributed by atoms with Crippen LogP contribution in [0.5, 0.6) is 17.8 Å². The van der Waals surface area contributed by atoms with Crippen LogP contribution in [0.3, 0.4) is 0 Å². The normalized spacial score (nSPS) is 10.1. The summed E-state index contributed by atoms with van der Waals surface area (Å²) in [5.74, 6) is 3.32. The van der Waals surface area contributed by atoms with Crippen LogP contribution in [0.1, 0.15) is 0 Å². The maximum absolute atomic E-state index is 13.4. The van der Waals surface area contributed by atoms with Crippen molar-refractivity contribution in [3.05, 3.63) is 29.8 Å². The SMILES string of the molecule is COc1nc(NN)nc(Oc2cc(F)ccc2F)n1. The van der Waals surface area contributed by atoms with Gasteiger partial charge >= 0.3 is 12.0 Å². The molecule has 2 rings (SSSR count). The van der Waals surface area contributed by atoms with Gasteiger partial charge in [-0.25, -0.2) is 14.6 Å². The Balaban J connectivity index is 2.34. The zero-order chi connectivity index (χ0) is 13.8. The number of anilines is 1. The Morgan fingerprint density at radius 1 is 1.16 bits per heavy atom. The van der Waals surface area contributed by atoms with Gasteiger partial charge in [0.1, 0.15) is 5.82 Å². The summed E-state index contributed by atoms with van der Waals surface area (Å²) in [5, 5.41) is 0. The third kappa shape index (κ3) is 3.01. The largest absolute Gasteiger partial charge is 0.467 e. The fraction of sp³-hybridized carbons (Fsp3) is 0.100. The fourth-order valence-corrected chi connectivity index (χ4v) is 1.19. The molecule has 2 aromatic rings. The molecular formula is C10H9F2N5O2. The molecule has 0 spiro atoms. The van der Waals surface area contributed by atoms with E-state index in [0.717, 1.165) is 18.2 Å². The Kier molecular flexibility index (Phi) is 3.66. The smallest absolute Gasteiger partial charge is 0.330 e. The molecule has 0 saturated heterocycles. The maximum Gasteiger partial charge on any atom is 0.330 e. The lowest BCUT2D eigenvalue weighted by Gasteiger charge is -2.07. The van der Waals surface area contributed by atoms with Crippen molar-refractivity contribution in [3.8, 4) is 17.8 Å². The highest BCUT2D eigenvalue weighted by Crippen LogP contribution is 2.24. The second-order valence-corrected chi connectivity index (χ2v) is 3.25. The van der Waals surface area contributed by atoms with Gasteiger partial charge < -0.3 is 9.47 Å². The zero-order valence-electron chi connectivity index (χ0n) is 9.72. The first kappa shape index (κ1) is 12.9. The summed E-state index contributed by atoms with van der Waals surface area (Å²) in [5.41, 5.74) is 2.16. The monoisotopic (exact) mass is 269 g/mol. The van der Waals surface area contributed by atoms with Crippen molar-refractivity contribution in [2.75, 3.05) is 12.5 Å². The summed E-state index contributed by atoms with van der Waals surface area (Å²) < 4.78 is 36.2. The molecule has 0 aliphatic rings. The van der Waals surface area contributed by atoms with Crippen molar-refractivity contribution >= 4 is 5.95 Å². The Hall–Kier alpha value is -2.55. The number of hydrogen-bond acceptors (Lipinski definition) is 7. The number of halogens is 2. The zero-order valence-corrected chi connectivity index (χ0v) is 9.72. The van der Waals surface area contributed by atoms with Crippen LogP contribution in [-0.2, 0) is 0 Å². The van der Waals surface area contributed by atoms with Gasteiger partial charge in [0.05, 0.1) is 7.11 Å². The minimum absolute atomic E-state index is 0.0429. The number of aromatic nitrogens is 3. The molecule has 1 heterocycles. The lowest BCUT2D eigenvalue weighted by atomic mass is 10.3. The number of hydrogen-bond donors (Lipinski definition) is 2. The predicted molar refractivity (Wildman–Crippen MR) is 60.6 cm³/mol. The molecule has 0 unspecified atom stereocenters. The number of benzene rings is 1. The number of rotatable bonds is 4. The molecule has 0 radical (unpaired) electrons. The van der Waals surface area contributed by atoms with Gasteiger partial charge in [-0.05, 0) is 12.1 Å². The van der Waals surface area contributed by atoms with Gasteiger partial charge in [0.2, 0.25) is 5.95 Å². The van der Waals surface area contributed by atoms with Crippen LogP contribution in [0, 0.1) is 11.6 Å². The molecule has 3 N–H and O–H groups in total. The second kappa shape index (κ2) is 5.40. The summed E-state index contributed by atoms with van der Waals surface area (Å²) in [6.45, 7) is 0. The third-order valence-corrected chi connectivity index (χ3v) is 2.00. The molecule has 0 atom stereocenters. The quantitative estimate of drug-likeness (QED) is 0.636. The van der Waals surface area contributed by atoms with E-state index in [4.69, 9.17) is 15.3 Å².